The first kappa shape index (κ1) is 15.0. The Morgan fingerprint density at radius 2 is 2.15 bits per heavy atom. The summed E-state index contributed by atoms with van der Waals surface area (Å²) in [6, 6.07) is 3.64. The predicted octanol–water partition coefficient (Wildman–Crippen LogP) is 3.04. The summed E-state index contributed by atoms with van der Waals surface area (Å²) in [5.74, 6) is -1.24. The number of aliphatic carboxylic acids is 1. The van der Waals surface area contributed by atoms with E-state index in [0.717, 1.165) is 9.88 Å². The van der Waals surface area contributed by atoms with E-state index in [1.54, 1.807) is 13.0 Å². The van der Waals surface area contributed by atoms with Crippen molar-refractivity contribution in [3.8, 4) is 9.88 Å². The predicted molar refractivity (Wildman–Crippen MR) is 79.8 cm³/mol. The molecular weight excluding hydrogens is 320 g/mol. The Balaban J connectivity index is 2.11. The Morgan fingerprint density at radius 3 is 2.75 bits per heavy atom. The van der Waals surface area contributed by atoms with E-state index in [4.69, 9.17) is 16.7 Å². The minimum atomic E-state index is -0.944. The molecule has 0 aromatic carbocycles. The van der Waals surface area contributed by atoms with Gasteiger partial charge in [0.2, 0.25) is 0 Å². The Morgan fingerprint density at radius 1 is 1.40 bits per heavy atom. The second-order valence-corrected chi connectivity index (χ2v) is 6.65. The normalized spacial score (nSPS) is 10.5. The molecule has 106 valence electrons. The van der Waals surface area contributed by atoms with Gasteiger partial charge in [0.15, 0.2) is 0 Å². The third-order valence-electron chi connectivity index (χ3n) is 2.41. The summed E-state index contributed by atoms with van der Waals surface area (Å²) in [6.07, 6.45) is -0.100. The summed E-state index contributed by atoms with van der Waals surface area (Å²) in [6.45, 7) is 1.85. The van der Waals surface area contributed by atoms with Crippen LogP contribution in [-0.4, -0.2) is 28.5 Å². The molecule has 2 aromatic rings. The first-order valence-corrected chi connectivity index (χ1v) is 7.71. The molecule has 8 heteroatoms. The van der Waals surface area contributed by atoms with Crippen LogP contribution in [0.5, 0.6) is 0 Å². The minimum absolute atomic E-state index is 0.100. The van der Waals surface area contributed by atoms with Crippen LogP contribution in [0.3, 0.4) is 0 Å². The Labute approximate surface area is 128 Å². The van der Waals surface area contributed by atoms with Crippen molar-refractivity contribution in [2.75, 3.05) is 6.54 Å². The molecule has 0 aliphatic rings. The van der Waals surface area contributed by atoms with Crippen LogP contribution in [0.25, 0.3) is 9.88 Å². The van der Waals surface area contributed by atoms with Crippen LogP contribution in [0.1, 0.15) is 21.8 Å². The van der Waals surface area contributed by atoms with Gasteiger partial charge in [0.05, 0.1) is 21.3 Å². The van der Waals surface area contributed by atoms with Gasteiger partial charge in [-0.1, -0.05) is 11.6 Å². The van der Waals surface area contributed by atoms with Crippen molar-refractivity contribution in [1.29, 1.82) is 0 Å². The number of aryl methyl sites for hydroxylation is 1. The lowest BCUT2D eigenvalue weighted by molar-refractivity contribution is -0.136. The summed E-state index contributed by atoms with van der Waals surface area (Å²) in [7, 11) is 0. The first-order chi connectivity index (χ1) is 9.47. The molecule has 2 heterocycles. The zero-order chi connectivity index (χ0) is 14.7. The van der Waals surface area contributed by atoms with E-state index in [9.17, 15) is 9.59 Å². The molecule has 0 saturated heterocycles. The molecule has 20 heavy (non-hydrogen) atoms. The summed E-state index contributed by atoms with van der Waals surface area (Å²) >= 11 is 8.55. The van der Waals surface area contributed by atoms with Crippen LogP contribution >= 0.6 is 34.3 Å². The first-order valence-electron chi connectivity index (χ1n) is 5.70. The second-order valence-electron chi connectivity index (χ2n) is 3.94. The van der Waals surface area contributed by atoms with E-state index in [1.165, 1.54) is 22.7 Å². The molecule has 2 rings (SSSR count). The third kappa shape index (κ3) is 3.56. The highest BCUT2D eigenvalue weighted by molar-refractivity contribution is 7.24. The van der Waals surface area contributed by atoms with Crippen molar-refractivity contribution < 1.29 is 14.7 Å². The van der Waals surface area contributed by atoms with E-state index < -0.39 is 5.97 Å². The second kappa shape index (κ2) is 6.34. The van der Waals surface area contributed by atoms with Gasteiger partial charge in [0.1, 0.15) is 9.88 Å². The maximum Gasteiger partial charge on any atom is 0.305 e. The smallest absolute Gasteiger partial charge is 0.305 e. The number of carboxylic acids is 1. The zero-order valence-corrected chi connectivity index (χ0v) is 12.9. The summed E-state index contributed by atoms with van der Waals surface area (Å²) in [5.41, 5.74) is 0.627. The largest absolute Gasteiger partial charge is 0.481 e. The van der Waals surface area contributed by atoms with E-state index in [1.807, 2.05) is 6.07 Å². The molecule has 0 fully saturated rings. The molecule has 1 amide bonds. The van der Waals surface area contributed by atoms with E-state index in [2.05, 4.69) is 10.3 Å². The Kier molecular flexibility index (Phi) is 4.74. The maximum atomic E-state index is 11.9. The lowest BCUT2D eigenvalue weighted by Gasteiger charge is -2.00. The van der Waals surface area contributed by atoms with Gasteiger partial charge in [0.25, 0.3) is 5.91 Å². The molecule has 0 unspecified atom stereocenters. The van der Waals surface area contributed by atoms with Crippen molar-refractivity contribution in [3.63, 3.8) is 0 Å². The van der Waals surface area contributed by atoms with E-state index in [0.29, 0.717) is 14.9 Å². The van der Waals surface area contributed by atoms with Gasteiger partial charge in [-0.2, -0.15) is 0 Å². The number of hydrogen-bond acceptors (Lipinski definition) is 5. The molecule has 0 spiro atoms. The minimum Gasteiger partial charge on any atom is -0.481 e. The molecule has 2 aromatic heterocycles. The molecule has 0 radical (unpaired) electrons. The van der Waals surface area contributed by atoms with Gasteiger partial charge in [0, 0.05) is 6.54 Å². The fourth-order valence-corrected chi connectivity index (χ4v) is 3.59. The highest BCUT2D eigenvalue weighted by atomic mass is 35.5. The molecule has 0 aliphatic carbocycles. The highest BCUT2D eigenvalue weighted by Crippen LogP contribution is 2.34. The number of carboxylic acid groups (broad SMARTS) is 1. The van der Waals surface area contributed by atoms with Crippen LogP contribution in [-0.2, 0) is 4.79 Å². The highest BCUT2D eigenvalue weighted by Gasteiger charge is 2.17. The fourth-order valence-electron chi connectivity index (χ4n) is 1.50. The van der Waals surface area contributed by atoms with Gasteiger partial charge in [-0.3, -0.25) is 9.59 Å². The van der Waals surface area contributed by atoms with Gasteiger partial charge < -0.3 is 10.4 Å². The Hall–Kier alpha value is -1.44. The maximum absolute atomic E-state index is 11.9. The number of thiazole rings is 1. The number of amides is 1. The van der Waals surface area contributed by atoms with Crippen LogP contribution in [0.4, 0.5) is 0 Å². The number of nitrogens with one attached hydrogen (secondary N) is 1. The molecule has 2 N–H and O–H groups in total. The SMILES string of the molecule is Cc1nc(-c2ccc(Cl)s2)sc1C(=O)NCCC(=O)O. The lowest BCUT2D eigenvalue weighted by Crippen LogP contribution is -2.25. The van der Waals surface area contributed by atoms with Crippen LogP contribution in [0.2, 0.25) is 4.34 Å². The molecule has 0 aliphatic heterocycles. The number of rotatable bonds is 5. The van der Waals surface area contributed by atoms with E-state index in [-0.39, 0.29) is 18.9 Å². The van der Waals surface area contributed by atoms with Crippen molar-refractivity contribution in [2.24, 2.45) is 0 Å². The number of carbonyl (C=O) groups excluding carboxylic acids is 1. The number of halogens is 1. The van der Waals surface area contributed by atoms with Crippen LogP contribution in [0.15, 0.2) is 12.1 Å². The van der Waals surface area contributed by atoms with Crippen LogP contribution in [0, 0.1) is 6.92 Å². The molecule has 0 atom stereocenters. The zero-order valence-electron chi connectivity index (χ0n) is 10.5. The quantitative estimate of drug-likeness (QED) is 0.883. The van der Waals surface area contributed by atoms with Crippen LogP contribution < -0.4 is 5.32 Å². The summed E-state index contributed by atoms with van der Waals surface area (Å²) in [4.78, 5) is 28.1. The van der Waals surface area contributed by atoms with Crippen molar-refractivity contribution >= 4 is 46.2 Å². The topological polar surface area (TPSA) is 79.3 Å². The lowest BCUT2D eigenvalue weighted by atomic mass is 10.3. The number of nitrogens with zero attached hydrogens (tertiary/aromatic N) is 1. The average molecular weight is 331 g/mol. The fraction of sp³-hybridized carbons (Fsp3) is 0.250. The van der Waals surface area contributed by atoms with Crippen molar-refractivity contribution in [3.05, 3.63) is 27.0 Å². The molecular formula is C12H11ClN2O3S2. The monoisotopic (exact) mass is 330 g/mol. The number of carbonyl (C=O) groups is 2. The summed E-state index contributed by atoms with van der Waals surface area (Å²) in [5, 5.41) is 11.8. The number of hydrogen-bond donors (Lipinski definition) is 2. The number of thiophene rings is 1. The van der Waals surface area contributed by atoms with Gasteiger partial charge in [-0.05, 0) is 19.1 Å². The average Bonchev–Trinajstić information content (AvgIpc) is 2.95. The standard InChI is InChI=1S/C12H11ClN2O3S2/c1-6-10(11(18)14-5-4-9(16)17)20-12(15-6)7-2-3-8(13)19-7/h2-3H,4-5H2,1H3,(H,14,18)(H,16,17). The van der Waals surface area contributed by atoms with Crippen molar-refractivity contribution in [1.82, 2.24) is 10.3 Å². The molecule has 5 nitrogen and oxygen atoms in total. The molecule has 0 saturated carbocycles. The van der Waals surface area contributed by atoms with Crippen molar-refractivity contribution in [2.45, 2.75) is 13.3 Å². The molecule has 0 bridgehead atoms. The number of aromatic nitrogens is 1. The summed E-state index contributed by atoms with van der Waals surface area (Å²) < 4.78 is 0.667. The van der Waals surface area contributed by atoms with E-state index >= 15 is 0 Å². The van der Waals surface area contributed by atoms with Gasteiger partial charge >= 0.3 is 5.97 Å². The van der Waals surface area contributed by atoms with Gasteiger partial charge in [-0.25, -0.2) is 4.98 Å². The third-order valence-corrected chi connectivity index (χ3v) is 4.97. The van der Waals surface area contributed by atoms with Gasteiger partial charge in [-0.15, -0.1) is 22.7 Å². The Bertz CT molecular complexity index is 651.